The molecule has 1 saturated heterocycles. The number of likely N-dealkylation sites (tertiary alicyclic amines) is 1. The standard InChI is InChI=1S/C19H24N4O4/c1-12(2)27-17-5-4-14(10-20-17)18(24)22-8-6-15(7-9-22)23-13(3)16(11-21-23)19(25)26/h4-5,10-12,15H,6-9H2,1-3H3,(H,25,26). The number of nitrogens with zero attached hydrogens (tertiary/aromatic N) is 4. The van der Waals surface area contributed by atoms with Crippen molar-refractivity contribution in [2.75, 3.05) is 13.1 Å². The van der Waals surface area contributed by atoms with Crippen molar-refractivity contribution in [2.45, 2.75) is 45.8 Å². The minimum absolute atomic E-state index is 0.0328. The number of aromatic nitrogens is 3. The van der Waals surface area contributed by atoms with Gasteiger partial charge in [-0.25, -0.2) is 9.78 Å². The van der Waals surface area contributed by atoms with Crippen LogP contribution in [0.25, 0.3) is 0 Å². The van der Waals surface area contributed by atoms with Gasteiger partial charge in [0.05, 0.1) is 29.6 Å². The van der Waals surface area contributed by atoms with Gasteiger partial charge in [-0.1, -0.05) is 0 Å². The largest absolute Gasteiger partial charge is 0.478 e. The Bertz CT molecular complexity index is 821. The fraction of sp³-hybridized carbons (Fsp3) is 0.474. The summed E-state index contributed by atoms with van der Waals surface area (Å²) in [6.07, 6.45) is 4.43. The molecule has 3 rings (SSSR count). The van der Waals surface area contributed by atoms with E-state index in [2.05, 4.69) is 10.1 Å². The summed E-state index contributed by atoms with van der Waals surface area (Å²) in [5.74, 6) is -0.520. The number of aromatic carboxylic acids is 1. The minimum Gasteiger partial charge on any atom is -0.478 e. The lowest BCUT2D eigenvalue weighted by Crippen LogP contribution is -2.39. The van der Waals surface area contributed by atoms with Crippen molar-refractivity contribution in [3.63, 3.8) is 0 Å². The van der Waals surface area contributed by atoms with E-state index in [0.717, 1.165) is 12.8 Å². The van der Waals surface area contributed by atoms with Crippen LogP contribution in [-0.4, -0.2) is 55.8 Å². The molecule has 3 heterocycles. The summed E-state index contributed by atoms with van der Waals surface area (Å²) in [5, 5.41) is 13.4. The Morgan fingerprint density at radius 3 is 2.44 bits per heavy atom. The number of carboxylic acid groups (broad SMARTS) is 1. The van der Waals surface area contributed by atoms with E-state index in [4.69, 9.17) is 9.84 Å². The molecule has 1 aliphatic rings. The molecule has 144 valence electrons. The molecular weight excluding hydrogens is 348 g/mol. The summed E-state index contributed by atoms with van der Waals surface area (Å²) >= 11 is 0. The predicted octanol–water partition coefficient (Wildman–Crippen LogP) is 2.55. The van der Waals surface area contributed by atoms with Crippen LogP contribution in [0.15, 0.2) is 24.5 Å². The maximum atomic E-state index is 12.7. The second kappa shape index (κ2) is 7.77. The van der Waals surface area contributed by atoms with Gasteiger partial charge in [0.2, 0.25) is 5.88 Å². The summed E-state index contributed by atoms with van der Waals surface area (Å²) < 4.78 is 7.27. The van der Waals surface area contributed by atoms with Gasteiger partial charge in [-0.05, 0) is 39.7 Å². The first-order valence-corrected chi connectivity index (χ1v) is 9.06. The zero-order chi connectivity index (χ0) is 19.6. The van der Waals surface area contributed by atoms with Crippen molar-refractivity contribution < 1.29 is 19.4 Å². The highest BCUT2D eigenvalue weighted by molar-refractivity contribution is 5.94. The van der Waals surface area contributed by atoms with Gasteiger partial charge in [-0.2, -0.15) is 5.10 Å². The number of hydrogen-bond donors (Lipinski definition) is 1. The molecule has 0 aliphatic carbocycles. The second-order valence-corrected chi connectivity index (χ2v) is 6.97. The number of carbonyl (C=O) groups excluding carboxylic acids is 1. The topological polar surface area (TPSA) is 97.6 Å². The van der Waals surface area contributed by atoms with Crippen molar-refractivity contribution in [1.82, 2.24) is 19.7 Å². The molecule has 0 saturated carbocycles. The number of carboxylic acids is 1. The molecule has 1 aliphatic heterocycles. The van der Waals surface area contributed by atoms with Gasteiger partial charge in [-0.15, -0.1) is 0 Å². The van der Waals surface area contributed by atoms with Crippen molar-refractivity contribution in [1.29, 1.82) is 0 Å². The Hall–Kier alpha value is -2.90. The summed E-state index contributed by atoms with van der Waals surface area (Å²) in [6.45, 7) is 6.79. The molecule has 0 spiro atoms. The zero-order valence-corrected chi connectivity index (χ0v) is 15.8. The van der Waals surface area contributed by atoms with E-state index in [1.54, 1.807) is 34.8 Å². The SMILES string of the molecule is Cc1c(C(=O)O)cnn1C1CCN(C(=O)c2ccc(OC(C)C)nc2)CC1. The van der Waals surface area contributed by atoms with Gasteiger partial charge >= 0.3 is 5.97 Å². The van der Waals surface area contributed by atoms with Crippen molar-refractivity contribution in [3.05, 3.63) is 41.3 Å². The van der Waals surface area contributed by atoms with Gasteiger partial charge in [0.1, 0.15) is 5.56 Å². The third-order valence-electron chi connectivity index (χ3n) is 4.71. The van der Waals surface area contributed by atoms with E-state index < -0.39 is 5.97 Å². The molecule has 0 bridgehead atoms. The predicted molar refractivity (Wildman–Crippen MR) is 98.1 cm³/mol. The minimum atomic E-state index is -0.969. The van der Waals surface area contributed by atoms with Crippen LogP contribution < -0.4 is 4.74 Å². The van der Waals surface area contributed by atoms with Gasteiger partial charge in [0.15, 0.2) is 0 Å². The number of carbonyl (C=O) groups is 2. The maximum Gasteiger partial charge on any atom is 0.339 e. The van der Waals surface area contributed by atoms with Crippen LogP contribution in [0.2, 0.25) is 0 Å². The molecule has 1 amide bonds. The fourth-order valence-corrected chi connectivity index (χ4v) is 3.32. The Kier molecular flexibility index (Phi) is 5.43. The van der Waals surface area contributed by atoms with Crippen LogP contribution in [0.5, 0.6) is 5.88 Å². The number of amides is 1. The average Bonchev–Trinajstić information content (AvgIpc) is 3.03. The highest BCUT2D eigenvalue weighted by Gasteiger charge is 2.27. The van der Waals surface area contributed by atoms with Crippen LogP contribution in [-0.2, 0) is 0 Å². The van der Waals surface area contributed by atoms with E-state index in [1.807, 2.05) is 13.8 Å². The van der Waals surface area contributed by atoms with Gasteiger partial charge < -0.3 is 14.7 Å². The molecule has 1 fully saturated rings. The lowest BCUT2D eigenvalue weighted by Gasteiger charge is -2.32. The van der Waals surface area contributed by atoms with Crippen molar-refractivity contribution in [3.8, 4) is 5.88 Å². The van der Waals surface area contributed by atoms with E-state index in [0.29, 0.717) is 30.2 Å². The normalized spacial score (nSPS) is 15.2. The number of piperidine rings is 1. The van der Waals surface area contributed by atoms with Crippen molar-refractivity contribution in [2.24, 2.45) is 0 Å². The van der Waals surface area contributed by atoms with Crippen LogP contribution in [0.1, 0.15) is 59.1 Å². The molecule has 27 heavy (non-hydrogen) atoms. The summed E-state index contributed by atoms with van der Waals surface area (Å²) in [5.41, 5.74) is 1.41. The molecular formula is C19H24N4O4. The lowest BCUT2D eigenvalue weighted by molar-refractivity contribution is 0.0687. The smallest absolute Gasteiger partial charge is 0.339 e. The molecule has 1 N–H and O–H groups in total. The average molecular weight is 372 g/mol. The van der Waals surface area contributed by atoms with Crippen LogP contribution in [0.4, 0.5) is 0 Å². The third-order valence-corrected chi connectivity index (χ3v) is 4.71. The maximum absolute atomic E-state index is 12.7. The number of hydrogen-bond acceptors (Lipinski definition) is 5. The van der Waals surface area contributed by atoms with Crippen molar-refractivity contribution >= 4 is 11.9 Å². The Labute approximate surface area is 157 Å². The monoisotopic (exact) mass is 372 g/mol. The van der Waals surface area contributed by atoms with Gasteiger partial charge in [0.25, 0.3) is 5.91 Å². The first-order valence-electron chi connectivity index (χ1n) is 9.06. The Balaban J connectivity index is 1.62. The highest BCUT2D eigenvalue weighted by Crippen LogP contribution is 2.25. The molecule has 0 atom stereocenters. The van der Waals surface area contributed by atoms with E-state index in [-0.39, 0.29) is 23.6 Å². The van der Waals surface area contributed by atoms with Crippen LogP contribution in [0, 0.1) is 6.92 Å². The van der Waals surface area contributed by atoms with Crippen LogP contribution in [0.3, 0.4) is 0 Å². The Morgan fingerprint density at radius 1 is 1.22 bits per heavy atom. The van der Waals surface area contributed by atoms with E-state index >= 15 is 0 Å². The summed E-state index contributed by atoms with van der Waals surface area (Å²) in [4.78, 5) is 29.8. The van der Waals surface area contributed by atoms with Crippen LogP contribution >= 0.6 is 0 Å². The molecule has 0 aromatic carbocycles. The fourth-order valence-electron chi connectivity index (χ4n) is 3.32. The molecule has 8 nitrogen and oxygen atoms in total. The lowest BCUT2D eigenvalue weighted by atomic mass is 10.0. The third kappa shape index (κ3) is 4.10. The molecule has 0 unspecified atom stereocenters. The molecule has 2 aromatic rings. The quantitative estimate of drug-likeness (QED) is 0.866. The van der Waals surface area contributed by atoms with Gasteiger partial charge in [0, 0.05) is 25.4 Å². The molecule has 8 heteroatoms. The summed E-state index contributed by atoms with van der Waals surface area (Å²) in [6, 6.07) is 3.54. The number of rotatable bonds is 5. The number of ether oxygens (including phenoxy) is 1. The first-order chi connectivity index (χ1) is 12.9. The molecule has 0 radical (unpaired) electrons. The van der Waals surface area contributed by atoms with E-state index in [1.165, 1.54) is 6.20 Å². The van der Waals surface area contributed by atoms with Gasteiger partial charge in [-0.3, -0.25) is 9.48 Å². The summed E-state index contributed by atoms with van der Waals surface area (Å²) in [7, 11) is 0. The first kappa shape index (κ1) is 18.9. The number of pyridine rings is 1. The molecule has 2 aromatic heterocycles. The Morgan fingerprint density at radius 2 is 1.93 bits per heavy atom. The zero-order valence-electron chi connectivity index (χ0n) is 15.8. The second-order valence-electron chi connectivity index (χ2n) is 6.97. The van der Waals surface area contributed by atoms with E-state index in [9.17, 15) is 9.59 Å². The highest BCUT2D eigenvalue weighted by atomic mass is 16.5.